The van der Waals surface area contributed by atoms with Crippen LogP contribution >= 0.6 is 0 Å². The van der Waals surface area contributed by atoms with E-state index in [4.69, 9.17) is 10.2 Å². The maximum atomic E-state index is 11.7. The van der Waals surface area contributed by atoms with E-state index in [1.54, 1.807) is 19.1 Å². The van der Waals surface area contributed by atoms with Crippen LogP contribution in [0.15, 0.2) is 48.7 Å². The van der Waals surface area contributed by atoms with Crippen LogP contribution in [-0.4, -0.2) is 35.9 Å². The average molecular weight is 382 g/mol. The van der Waals surface area contributed by atoms with E-state index in [9.17, 15) is 8.42 Å². The Bertz CT molecular complexity index is 1080. The van der Waals surface area contributed by atoms with Crippen molar-refractivity contribution in [3.05, 3.63) is 59.9 Å². The van der Waals surface area contributed by atoms with Crippen LogP contribution in [0.5, 0.6) is 0 Å². The zero-order valence-corrected chi connectivity index (χ0v) is 16.2. The Balaban J connectivity index is 1.96. The summed E-state index contributed by atoms with van der Waals surface area (Å²) in [6.45, 7) is 4.01. The molecule has 2 aromatic heterocycles. The topological polar surface area (TPSA) is 87.3 Å². The van der Waals surface area contributed by atoms with Gasteiger partial charge in [-0.2, -0.15) is 5.26 Å². The summed E-state index contributed by atoms with van der Waals surface area (Å²) in [4.78, 5) is 4.75. The number of pyridine rings is 1. The smallest absolute Gasteiger partial charge is 0.151 e. The molecule has 6 nitrogen and oxygen atoms in total. The van der Waals surface area contributed by atoms with Gasteiger partial charge in [-0.05, 0) is 31.2 Å². The highest BCUT2D eigenvalue weighted by Crippen LogP contribution is 2.29. The van der Waals surface area contributed by atoms with Crippen molar-refractivity contribution < 1.29 is 8.42 Å². The van der Waals surface area contributed by atoms with Crippen molar-refractivity contribution in [3.8, 4) is 17.3 Å². The summed E-state index contributed by atoms with van der Waals surface area (Å²) in [7, 11) is -3.01. The van der Waals surface area contributed by atoms with Crippen molar-refractivity contribution in [2.24, 2.45) is 0 Å². The third-order valence-electron chi connectivity index (χ3n) is 4.56. The molecule has 0 unspecified atom stereocenters. The van der Waals surface area contributed by atoms with E-state index < -0.39 is 9.84 Å². The van der Waals surface area contributed by atoms with E-state index in [0.29, 0.717) is 12.1 Å². The minimum atomic E-state index is -3.01. The van der Waals surface area contributed by atoms with Gasteiger partial charge in [-0.25, -0.2) is 13.4 Å². The minimum absolute atomic E-state index is 0.105. The predicted octanol–water partition coefficient (Wildman–Crippen LogP) is 2.96. The van der Waals surface area contributed by atoms with Gasteiger partial charge in [0.2, 0.25) is 0 Å². The SMILES string of the molecule is CCS(=O)(=O)CCN[C@H](C)c1nc2ccccn2c1-c1ccc(C#N)cc1. The third kappa shape index (κ3) is 4.18. The van der Waals surface area contributed by atoms with Crippen LogP contribution in [-0.2, 0) is 9.84 Å². The number of nitrogens with zero attached hydrogens (tertiary/aromatic N) is 3. The molecular weight excluding hydrogens is 360 g/mol. The second-order valence-corrected chi connectivity index (χ2v) is 8.85. The standard InChI is InChI=1S/C20H22N4O2S/c1-3-27(25,26)13-11-22-15(2)19-20(17-9-7-16(14-21)8-10-17)24-12-5-4-6-18(24)23-19/h4-10,12,15,22H,3,11,13H2,1-2H3/t15-/m1/s1. The maximum Gasteiger partial charge on any atom is 0.151 e. The Hall–Kier alpha value is -2.69. The van der Waals surface area contributed by atoms with Crippen LogP contribution in [0, 0.1) is 11.3 Å². The molecule has 0 fully saturated rings. The average Bonchev–Trinajstić information content (AvgIpc) is 3.07. The molecule has 0 saturated carbocycles. The van der Waals surface area contributed by atoms with Crippen LogP contribution in [0.1, 0.15) is 31.1 Å². The summed E-state index contributed by atoms with van der Waals surface area (Å²) in [6, 6.07) is 15.2. The molecule has 1 atom stereocenters. The van der Waals surface area contributed by atoms with Crippen molar-refractivity contribution in [3.63, 3.8) is 0 Å². The number of imidazole rings is 1. The fraction of sp³-hybridized carbons (Fsp3) is 0.300. The quantitative estimate of drug-likeness (QED) is 0.679. The molecule has 0 bridgehead atoms. The van der Waals surface area contributed by atoms with Gasteiger partial charge in [-0.15, -0.1) is 0 Å². The Kier molecular flexibility index (Phi) is 5.59. The second-order valence-electron chi connectivity index (χ2n) is 6.38. The molecule has 0 radical (unpaired) electrons. The van der Waals surface area contributed by atoms with Gasteiger partial charge < -0.3 is 5.32 Å². The maximum absolute atomic E-state index is 11.7. The number of nitriles is 1. The van der Waals surface area contributed by atoms with Crippen LogP contribution in [0.25, 0.3) is 16.9 Å². The number of hydrogen-bond donors (Lipinski definition) is 1. The van der Waals surface area contributed by atoms with Crippen molar-refractivity contribution in [1.29, 1.82) is 5.26 Å². The summed E-state index contributed by atoms with van der Waals surface area (Å²) < 4.78 is 25.5. The van der Waals surface area contributed by atoms with Gasteiger partial charge in [0.05, 0.1) is 28.8 Å². The largest absolute Gasteiger partial charge is 0.308 e. The van der Waals surface area contributed by atoms with E-state index in [1.165, 1.54) is 0 Å². The highest BCUT2D eigenvalue weighted by molar-refractivity contribution is 7.91. The summed E-state index contributed by atoms with van der Waals surface area (Å²) in [5.74, 6) is 0.251. The predicted molar refractivity (Wildman–Crippen MR) is 106 cm³/mol. The van der Waals surface area contributed by atoms with Gasteiger partial charge in [0.15, 0.2) is 9.84 Å². The minimum Gasteiger partial charge on any atom is -0.308 e. The van der Waals surface area contributed by atoms with Crippen LogP contribution in [0.4, 0.5) is 0 Å². The molecule has 1 aromatic carbocycles. The molecular formula is C20H22N4O2S. The zero-order valence-electron chi connectivity index (χ0n) is 15.4. The molecule has 1 N–H and O–H groups in total. The van der Waals surface area contributed by atoms with Gasteiger partial charge in [-0.3, -0.25) is 4.40 Å². The molecule has 0 spiro atoms. The molecule has 27 heavy (non-hydrogen) atoms. The molecule has 2 heterocycles. The summed E-state index contributed by atoms with van der Waals surface area (Å²) >= 11 is 0. The van der Waals surface area contributed by atoms with Crippen molar-refractivity contribution in [2.45, 2.75) is 19.9 Å². The molecule has 140 valence electrons. The first-order valence-electron chi connectivity index (χ1n) is 8.86. The lowest BCUT2D eigenvalue weighted by molar-refractivity contribution is 0.568. The van der Waals surface area contributed by atoms with E-state index >= 15 is 0 Å². The fourth-order valence-corrected chi connectivity index (χ4v) is 3.70. The van der Waals surface area contributed by atoms with Crippen LogP contribution < -0.4 is 5.32 Å². The van der Waals surface area contributed by atoms with Crippen molar-refractivity contribution in [2.75, 3.05) is 18.1 Å². The zero-order chi connectivity index (χ0) is 19.4. The first-order valence-corrected chi connectivity index (χ1v) is 10.7. The summed E-state index contributed by atoms with van der Waals surface area (Å²) in [5.41, 5.74) is 4.16. The molecule has 0 aliphatic rings. The number of aromatic nitrogens is 2. The molecule has 3 aromatic rings. The van der Waals surface area contributed by atoms with E-state index in [-0.39, 0.29) is 17.5 Å². The van der Waals surface area contributed by atoms with Crippen molar-refractivity contribution >= 4 is 15.5 Å². The first-order chi connectivity index (χ1) is 12.9. The third-order valence-corrected chi connectivity index (χ3v) is 6.26. The van der Waals surface area contributed by atoms with Crippen LogP contribution in [0.2, 0.25) is 0 Å². The Labute approximate surface area is 159 Å². The van der Waals surface area contributed by atoms with E-state index in [0.717, 1.165) is 22.6 Å². The molecule has 3 rings (SSSR count). The summed E-state index contributed by atoms with van der Waals surface area (Å²) in [5, 5.41) is 12.3. The Morgan fingerprint density at radius 1 is 1.22 bits per heavy atom. The number of nitrogens with one attached hydrogen (secondary N) is 1. The number of sulfone groups is 1. The highest BCUT2D eigenvalue weighted by atomic mass is 32.2. The van der Waals surface area contributed by atoms with Gasteiger partial charge in [-0.1, -0.05) is 25.1 Å². The normalized spacial score (nSPS) is 12.8. The van der Waals surface area contributed by atoms with Crippen molar-refractivity contribution in [1.82, 2.24) is 14.7 Å². The van der Waals surface area contributed by atoms with E-state index in [1.807, 2.05) is 47.9 Å². The molecule has 0 saturated heterocycles. The van der Waals surface area contributed by atoms with Crippen LogP contribution in [0.3, 0.4) is 0 Å². The molecule has 7 heteroatoms. The highest BCUT2D eigenvalue weighted by Gasteiger charge is 2.19. The number of benzene rings is 1. The van der Waals surface area contributed by atoms with Gasteiger partial charge in [0.25, 0.3) is 0 Å². The second kappa shape index (κ2) is 7.91. The number of hydrogen-bond acceptors (Lipinski definition) is 5. The van der Waals surface area contributed by atoms with Gasteiger partial charge in [0.1, 0.15) is 5.65 Å². The van der Waals surface area contributed by atoms with Gasteiger partial charge in [0, 0.05) is 30.1 Å². The molecule has 0 aliphatic carbocycles. The lowest BCUT2D eigenvalue weighted by atomic mass is 10.0. The molecule has 0 amide bonds. The van der Waals surface area contributed by atoms with E-state index in [2.05, 4.69) is 11.4 Å². The lowest BCUT2D eigenvalue weighted by Crippen LogP contribution is -2.27. The van der Waals surface area contributed by atoms with Gasteiger partial charge >= 0.3 is 0 Å². The monoisotopic (exact) mass is 382 g/mol. The number of rotatable bonds is 7. The number of fused-ring (bicyclic) bond motifs is 1. The first kappa shape index (κ1) is 19.1. The Morgan fingerprint density at radius 2 is 1.96 bits per heavy atom. The summed E-state index contributed by atoms with van der Waals surface area (Å²) in [6.07, 6.45) is 1.95. The lowest BCUT2D eigenvalue weighted by Gasteiger charge is -2.14. The Morgan fingerprint density at radius 3 is 2.63 bits per heavy atom. The molecule has 0 aliphatic heterocycles. The fourth-order valence-electron chi connectivity index (χ4n) is 2.98.